The molecule has 0 saturated carbocycles. The van der Waals surface area contributed by atoms with Gasteiger partial charge < -0.3 is 5.73 Å². The lowest BCUT2D eigenvalue weighted by Crippen LogP contribution is -2.19. The highest BCUT2D eigenvalue weighted by atomic mass is 19.1. The predicted octanol–water partition coefficient (Wildman–Crippen LogP) is 2.98. The minimum atomic E-state index is -0.890. The van der Waals surface area contributed by atoms with Gasteiger partial charge in [-0.15, -0.1) is 0 Å². The van der Waals surface area contributed by atoms with Crippen LogP contribution in [0.25, 0.3) is 0 Å². The van der Waals surface area contributed by atoms with Crippen LogP contribution in [0.15, 0.2) is 18.2 Å². The van der Waals surface area contributed by atoms with Crippen LogP contribution in [0.5, 0.6) is 0 Å². The van der Waals surface area contributed by atoms with E-state index < -0.39 is 17.7 Å². The van der Waals surface area contributed by atoms with Crippen molar-refractivity contribution in [3.63, 3.8) is 0 Å². The molecule has 0 amide bonds. The van der Waals surface area contributed by atoms with Crippen molar-refractivity contribution >= 4 is 0 Å². The van der Waals surface area contributed by atoms with Crippen molar-refractivity contribution in [2.24, 2.45) is 5.73 Å². The number of rotatable bonds is 3. The van der Waals surface area contributed by atoms with Gasteiger partial charge in [-0.05, 0) is 43.5 Å². The Balaban J connectivity index is 2.60. The molecule has 0 aliphatic carbocycles. The Morgan fingerprint density at radius 3 is 2.55 bits per heavy atom. The van der Waals surface area contributed by atoms with Gasteiger partial charge in [0.25, 0.3) is 0 Å². The van der Waals surface area contributed by atoms with Gasteiger partial charge in [0.15, 0.2) is 0 Å². The maximum Gasteiger partial charge on any atom is 0.134 e. The molecule has 0 bridgehead atoms. The largest absolute Gasteiger partial charge is 0.320 e. The molecular formula is C15H17F2N3. The topological polar surface area (TPSA) is 51.8 Å². The number of aromatic nitrogens is 2. The van der Waals surface area contributed by atoms with Gasteiger partial charge in [-0.3, -0.25) is 0 Å². The molecule has 2 N–H and O–H groups in total. The maximum atomic E-state index is 14.2. The fraction of sp³-hybridized carbons (Fsp3) is 0.333. The Morgan fingerprint density at radius 1 is 1.20 bits per heavy atom. The highest BCUT2D eigenvalue weighted by molar-refractivity contribution is 5.38. The molecule has 0 aliphatic heterocycles. The van der Waals surface area contributed by atoms with Crippen LogP contribution in [0.4, 0.5) is 8.78 Å². The molecule has 0 saturated heterocycles. The van der Waals surface area contributed by atoms with E-state index in [0.717, 1.165) is 0 Å². The normalized spacial score (nSPS) is 12.5. The first-order valence-corrected chi connectivity index (χ1v) is 6.48. The standard InChI is InChI=1S/C15H17F2N3/c1-4-12-10(7-9(3)19-20-12)15(18)13-11(16)6-5-8(2)14(13)17/h5-7,15H,4,18H2,1-3H3. The summed E-state index contributed by atoms with van der Waals surface area (Å²) in [4.78, 5) is 0. The number of benzene rings is 1. The molecule has 106 valence electrons. The number of halogens is 2. The minimum absolute atomic E-state index is 0.118. The van der Waals surface area contributed by atoms with Crippen LogP contribution in [0.2, 0.25) is 0 Å². The molecule has 1 aromatic carbocycles. The van der Waals surface area contributed by atoms with Gasteiger partial charge in [0.05, 0.1) is 17.4 Å². The molecule has 1 unspecified atom stereocenters. The van der Waals surface area contributed by atoms with Gasteiger partial charge in [-0.1, -0.05) is 13.0 Å². The van der Waals surface area contributed by atoms with E-state index in [1.165, 1.54) is 12.1 Å². The average Bonchev–Trinajstić information content (AvgIpc) is 2.43. The smallest absolute Gasteiger partial charge is 0.134 e. The Morgan fingerprint density at radius 2 is 1.90 bits per heavy atom. The fourth-order valence-corrected chi connectivity index (χ4v) is 2.20. The third-order valence-electron chi connectivity index (χ3n) is 3.33. The molecule has 5 heteroatoms. The van der Waals surface area contributed by atoms with Crippen LogP contribution in [0.3, 0.4) is 0 Å². The molecule has 0 spiro atoms. The van der Waals surface area contributed by atoms with Crippen LogP contribution >= 0.6 is 0 Å². The molecule has 2 rings (SSSR count). The van der Waals surface area contributed by atoms with Crippen LogP contribution in [0.1, 0.15) is 41.0 Å². The van der Waals surface area contributed by atoms with Gasteiger partial charge in [-0.2, -0.15) is 10.2 Å². The third kappa shape index (κ3) is 2.54. The molecular weight excluding hydrogens is 260 g/mol. The van der Waals surface area contributed by atoms with E-state index in [1.54, 1.807) is 19.9 Å². The Kier molecular flexibility index (Phi) is 4.09. The van der Waals surface area contributed by atoms with Crippen LogP contribution in [-0.4, -0.2) is 10.2 Å². The summed E-state index contributed by atoms with van der Waals surface area (Å²) in [5.41, 5.74) is 8.27. The minimum Gasteiger partial charge on any atom is -0.320 e. The summed E-state index contributed by atoms with van der Waals surface area (Å²) in [5.74, 6) is -1.24. The number of hydrogen-bond acceptors (Lipinski definition) is 3. The Hall–Kier alpha value is -1.88. The molecule has 3 nitrogen and oxygen atoms in total. The van der Waals surface area contributed by atoms with E-state index >= 15 is 0 Å². The number of hydrogen-bond donors (Lipinski definition) is 1. The number of aryl methyl sites for hydroxylation is 3. The number of nitrogens with zero attached hydrogens (tertiary/aromatic N) is 2. The monoisotopic (exact) mass is 277 g/mol. The zero-order valence-corrected chi connectivity index (χ0v) is 11.7. The van der Waals surface area contributed by atoms with Gasteiger partial charge in [0.2, 0.25) is 0 Å². The Bertz CT molecular complexity index is 641. The van der Waals surface area contributed by atoms with E-state index in [-0.39, 0.29) is 5.56 Å². The van der Waals surface area contributed by atoms with Gasteiger partial charge in [-0.25, -0.2) is 8.78 Å². The third-order valence-corrected chi connectivity index (χ3v) is 3.33. The summed E-state index contributed by atoms with van der Waals surface area (Å²) in [7, 11) is 0. The van der Waals surface area contributed by atoms with Crippen LogP contribution in [0, 0.1) is 25.5 Å². The zero-order chi connectivity index (χ0) is 14.9. The lowest BCUT2D eigenvalue weighted by Gasteiger charge is -2.18. The van der Waals surface area contributed by atoms with E-state index in [2.05, 4.69) is 10.2 Å². The molecule has 1 heterocycles. The van der Waals surface area contributed by atoms with Gasteiger partial charge >= 0.3 is 0 Å². The molecule has 20 heavy (non-hydrogen) atoms. The van der Waals surface area contributed by atoms with Gasteiger partial charge in [0, 0.05) is 5.56 Å². The lowest BCUT2D eigenvalue weighted by molar-refractivity contribution is 0.536. The lowest BCUT2D eigenvalue weighted by atomic mass is 9.95. The summed E-state index contributed by atoms with van der Waals surface area (Å²) < 4.78 is 28.1. The first kappa shape index (κ1) is 14.5. The van der Waals surface area contributed by atoms with Crippen LogP contribution < -0.4 is 5.73 Å². The van der Waals surface area contributed by atoms with Crippen molar-refractivity contribution in [2.45, 2.75) is 33.2 Å². The quantitative estimate of drug-likeness (QED) is 0.938. The first-order chi connectivity index (χ1) is 9.45. The molecule has 1 aromatic heterocycles. The highest BCUT2D eigenvalue weighted by Crippen LogP contribution is 2.28. The highest BCUT2D eigenvalue weighted by Gasteiger charge is 2.22. The molecule has 0 fully saturated rings. The maximum absolute atomic E-state index is 14.2. The summed E-state index contributed by atoms with van der Waals surface area (Å²) in [6, 6.07) is 3.48. The van der Waals surface area contributed by atoms with Crippen molar-refractivity contribution in [3.8, 4) is 0 Å². The van der Waals surface area contributed by atoms with E-state index in [9.17, 15) is 8.78 Å². The number of nitrogens with two attached hydrogens (primary N) is 1. The average molecular weight is 277 g/mol. The van der Waals surface area contributed by atoms with E-state index in [1.807, 2.05) is 6.92 Å². The second-order valence-corrected chi connectivity index (χ2v) is 4.81. The first-order valence-electron chi connectivity index (χ1n) is 6.48. The van der Waals surface area contributed by atoms with Crippen molar-refractivity contribution in [1.29, 1.82) is 0 Å². The van der Waals surface area contributed by atoms with Crippen molar-refractivity contribution in [3.05, 3.63) is 57.9 Å². The van der Waals surface area contributed by atoms with Crippen molar-refractivity contribution in [2.75, 3.05) is 0 Å². The van der Waals surface area contributed by atoms with Crippen molar-refractivity contribution in [1.82, 2.24) is 10.2 Å². The fourth-order valence-electron chi connectivity index (χ4n) is 2.20. The summed E-state index contributed by atoms with van der Waals surface area (Å²) in [5, 5.41) is 8.01. The molecule has 0 radical (unpaired) electrons. The second kappa shape index (κ2) is 5.63. The Labute approximate surface area is 116 Å². The van der Waals surface area contributed by atoms with E-state index in [4.69, 9.17) is 5.73 Å². The molecule has 0 aliphatic rings. The summed E-state index contributed by atoms with van der Waals surface area (Å²) in [6.45, 7) is 5.26. The predicted molar refractivity (Wildman–Crippen MR) is 73.3 cm³/mol. The van der Waals surface area contributed by atoms with E-state index in [0.29, 0.717) is 28.9 Å². The zero-order valence-electron chi connectivity index (χ0n) is 11.7. The summed E-state index contributed by atoms with van der Waals surface area (Å²) >= 11 is 0. The molecule has 1 atom stereocenters. The van der Waals surface area contributed by atoms with Crippen LogP contribution in [-0.2, 0) is 6.42 Å². The van der Waals surface area contributed by atoms with Gasteiger partial charge in [0.1, 0.15) is 11.6 Å². The molecule has 2 aromatic rings. The SMILES string of the molecule is CCc1nnc(C)cc1C(N)c1c(F)ccc(C)c1F. The second-order valence-electron chi connectivity index (χ2n) is 4.81. The van der Waals surface area contributed by atoms with Crippen molar-refractivity contribution < 1.29 is 8.78 Å². The summed E-state index contributed by atoms with van der Waals surface area (Å²) in [6.07, 6.45) is 0.603.